The normalized spacial score (nSPS) is 22.7. The van der Waals surface area contributed by atoms with Gasteiger partial charge in [-0.1, -0.05) is 5.16 Å². The van der Waals surface area contributed by atoms with Crippen LogP contribution in [0.3, 0.4) is 0 Å². The summed E-state index contributed by atoms with van der Waals surface area (Å²) in [6.45, 7) is 4.49. The molecule has 2 aromatic rings. The van der Waals surface area contributed by atoms with Gasteiger partial charge < -0.3 is 8.94 Å². The van der Waals surface area contributed by atoms with Crippen LogP contribution in [0.1, 0.15) is 23.6 Å². The number of halogens is 1. The van der Waals surface area contributed by atoms with Crippen LogP contribution in [0.2, 0.25) is 0 Å². The summed E-state index contributed by atoms with van der Waals surface area (Å²) in [5.74, 6) is 1.72. The topological polar surface area (TPSA) is 45.7 Å². The highest BCUT2D eigenvalue weighted by Gasteiger charge is 2.33. The van der Waals surface area contributed by atoms with Crippen molar-refractivity contribution in [1.29, 1.82) is 0 Å². The maximum absolute atomic E-state index is 13.8. The van der Waals surface area contributed by atoms with E-state index in [2.05, 4.69) is 15.0 Å². The van der Waals surface area contributed by atoms with Crippen molar-refractivity contribution in [2.24, 2.45) is 0 Å². The molecule has 3 rings (SSSR count). The van der Waals surface area contributed by atoms with E-state index in [9.17, 15) is 4.39 Å². The van der Waals surface area contributed by atoms with Crippen LogP contribution in [0.5, 0.6) is 0 Å². The molecule has 2 aromatic heterocycles. The Labute approximate surface area is 129 Å². The zero-order valence-electron chi connectivity index (χ0n) is 13.0. The fourth-order valence-electron chi connectivity index (χ4n) is 3.09. The molecule has 0 bridgehead atoms. The van der Waals surface area contributed by atoms with Crippen molar-refractivity contribution in [3.05, 3.63) is 41.7 Å². The molecule has 1 fully saturated rings. The molecule has 0 amide bonds. The summed E-state index contributed by atoms with van der Waals surface area (Å²) in [5, 5.41) is 3.90. The lowest BCUT2D eigenvalue weighted by Gasteiger charge is -2.27. The highest BCUT2D eigenvalue weighted by Crippen LogP contribution is 2.24. The maximum Gasteiger partial charge on any atom is 0.150 e. The standard InChI is InChI=1S/C16H22FN3O2/c1-12-6-16(22-18-12)11-20-8-13(17)7-14(20)9-19(2)10-15-4-3-5-21-15/h3-6,13-14H,7-11H2,1-2H3/t13-,14-/m0/s1. The molecule has 0 aromatic carbocycles. The minimum Gasteiger partial charge on any atom is -0.468 e. The third-order valence-electron chi connectivity index (χ3n) is 4.04. The van der Waals surface area contributed by atoms with Crippen molar-refractivity contribution < 1.29 is 13.3 Å². The molecule has 0 radical (unpaired) electrons. The van der Waals surface area contributed by atoms with Crippen molar-refractivity contribution in [1.82, 2.24) is 15.0 Å². The zero-order valence-corrected chi connectivity index (χ0v) is 13.0. The molecule has 1 saturated heterocycles. The first-order valence-corrected chi connectivity index (χ1v) is 7.61. The van der Waals surface area contributed by atoms with E-state index in [-0.39, 0.29) is 6.04 Å². The molecule has 3 heterocycles. The lowest BCUT2D eigenvalue weighted by atomic mass is 10.2. The second kappa shape index (κ2) is 6.62. The Balaban J connectivity index is 1.58. The Morgan fingerprint density at radius 2 is 2.32 bits per heavy atom. The van der Waals surface area contributed by atoms with Gasteiger partial charge in [-0.2, -0.15) is 0 Å². The van der Waals surface area contributed by atoms with Gasteiger partial charge in [0.1, 0.15) is 11.9 Å². The van der Waals surface area contributed by atoms with Gasteiger partial charge in [0.25, 0.3) is 0 Å². The van der Waals surface area contributed by atoms with E-state index in [0.717, 1.165) is 30.3 Å². The predicted octanol–water partition coefficient (Wildman–Crippen LogP) is 2.62. The van der Waals surface area contributed by atoms with Crippen molar-refractivity contribution in [3.8, 4) is 0 Å². The number of furan rings is 1. The lowest BCUT2D eigenvalue weighted by molar-refractivity contribution is 0.162. The van der Waals surface area contributed by atoms with E-state index in [1.54, 1.807) is 6.26 Å². The summed E-state index contributed by atoms with van der Waals surface area (Å²) < 4.78 is 24.5. The molecule has 6 heteroatoms. The maximum atomic E-state index is 13.8. The number of aromatic nitrogens is 1. The fraction of sp³-hybridized carbons (Fsp3) is 0.562. The second-order valence-electron chi connectivity index (χ2n) is 6.13. The number of likely N-dealkylation sites (tertiary alicyclic amines) is 1. The average molecular weight is 307 g/mol. The summed E-state index contributed by atoms with van der Waals surface area (Å²) in [6.07, 6.45) is 1.47. The Morgan fingerprint density at radius 1 is 1.45 bits per heavy atom. The van der Waals surface area contributed by atoms with Crippen LogP contribution in [0, 0.1) is 6.92 Å². The number of aryl methyl sites for hydroxylation is 1. The van der Waals surface area contributed by atoms with Crippen LogP contribution in [0.4, 0.5) is 4.39 Å². The molecule has 22 heavy (non-hydrogen) atoms. The molecule has 120 valence electrons. The number of nitrogens with zero attached hydrogens (tertiary/aromatic N) is 3. The first kappa shape index (κ1) is 15.2. The van der Waals surface area contributed by atoms with Crippen molar-refractivity contribution in [2.75, 3.05) is 20.1 Å². The van der Waals surface area contributed by atoms with Gasteiger partial charge in [-0.25, -0.2) is 4.39 Å². The van der Waals surface area contributed by atoms with E-state index >= 15 is 0 Å². The SMILES string of the molecule is Cc1cc(CN2C[C@@H](F)C[C@H]2CN(C)Cc2ccco2)on1. The number of alkyl halides is 1. The highest BCUT2D eigenvalue weighted by atomic mass is 19.1. The largest absolute Gasteiger partial charge is 0.468 e. The fourth-order valence-corrected chi connectivity index (χ4v) is 3.09. The second-order valence-corrected chi connectivity index (χ2v) is 6.13. The summed E-state index contributed by atoms with van der Waals surface area (Å²) in [5.41, 5.74) is 0.859. The van der Waals surface area contributed by atoms with Gasteiger partial charge in [-0.05, 0) is 32.5 Å². The molecule has 1 aliphatic heterocycles. The molecule has 0 N–H and O–H groups in total. The summed E-state index contributed by atoms with van der Waals surface area (Å²) in [6, 6.07) is 5.93. The van der Waals surface area contributed by atoms with Crippen molar-refractivity contribution >= 4 is 0 Å². The Bertz CT molecular complexity index is 584. The quantitative estimate of drug-likeness (QED) is 0.821. The summed E-state index contributed by atoms with van der Waals surface area (Å²) in [4.78, 5) is 4.31. The van der Waals surface area contributed by atoms with Gasteiger partial charge in [0, 0.05) is 25.2 Å². The van der Waals surface area contributed by atoms with E-state index in [0.29, 0.717) is 19.5 Å². The third-order valence-corrected chi connectivity index (χ3v) is 4.04. The first-order valence-electron chi connectivity index (χ1n) is 7.61. The van der Waals surface area contributed by atoms with Gasteiger partial charge in [-0.15, -0.1) is 0 Å². The molecular weight excluding hydrogens is 285 g/mol. The number of rotatable bonds is 6. The molecule has 0 saturated carbocycles. The number of hydrogen-bond acceptors (Lipinski definition) is 5. The molecule has 1 aliphatic rings. The third kappa shape index (κ3) is 3.75. The van der Waals surface area contributed by atoms with Crippen molar-refractivity contribution in [3.63, 3.8) is 0 Å². The van der Waals surface area contributed by atoms with Gasteiger partial charge in [0.15, 0.2) is 5.76 Å². The summed E-state index contributed by atoms with van der Waals surface area (Å²) >= 11 is 0. The van der Waals surface area contributed by atoms with E-state index in [1.165, 1.54) is 0 Å². The van der Waals surface area contributed by atoms with E-state index < -0.39 is 6.17 Å². The van der Waals surface area contributed by atoms with Gasteiger partial charge in [-0.3, -0.25) is 9.80 Å². The minimum atomic E-state index is -0.772. The zero-order chi connectivity index (χ0) is 15.5. The highest BCUT2D eigenvalue weighted by molar-refractivity contribution is 5.04. The molecule has 0 spiro atoms. The monoisotopic (exact) mass is 307 g/mol. The Morgan fingerprint density at radius 3 is 3.00 bits per heavy atom. The van der Waals surface area contributed by atoms with Crippen molar-refractivity contribution in [2.45, 2.75) is 38.6 Å². The van der Waals surface area contributed by atoms with Gasteiger partial charge in [0.05, 0.1) is 25.0 Å². The molecular formula is C16H22FN3O2. The van der Waals surface area contributed by atoms with Crippen LogP contribution in [0.25, 0.3) is 0 Å². The lowest BCUT2D eigenvalue weighted by Crippen LogP contribution is -2.38. The number of hydrogen-bond donors (Lipinski definition) is 0. The summed E-state index contributed by atoms with van der Waals surface area (Å²) in [7, 11) is 2.03. The number of likely N-dealkylation sites (N-methyl/N-ethyl adjacent to an activating group) is 1. The molecule has 5 nitrogen and oxygen atoms in total. The van der Waals surface area contributed by atoms with Crippen LogP contribution in [0.15, 0.2) is 33.4 Å². The smallest absolute Gasteiger partial charge is 0.150 e. The van der Waals surface area contributed by atoms with Crippen LogP contribution in [-0.2, 0) is 13.1 Å². The molecule has 2 atom stereocenters. The van der Waals surface area contributed by atoms with E-state index in [1.807, 2.05) is 32.2 Å². The van der Waals surface area contributed by atoms with Crippen LogP contribution < -0.4 is 0 Å². The average Bonchev–Trinajstić information content (AvgIpc) is 3.15. The van der Waals surface area contributed by atoms with Crippen LogP contribution >= 0.6 is 0 Å². The van der Waals surface area contributed by atoms with E-state index in [4.69, 9.17) is 8.94 Å². The first-order chi connectivity index (χ1) is 10.6. The Kier molecular flexibility index (Phi) is 4.59. The molecule has 0 aliphatic carbocycles. The van der Waals surface area contributed by atoms with Gasteiger partial charge >= 0.3 is 0 Å². The van der Waals surface area contributed by atoms with Crippen LogP contribution in [-0.4, -0.2) is 47.3 Å². The molecule has 0 unspecified atom stereocenters. The predicted molar refractivity (Wildman–Crippen MR) is 80.0 cm³/mol. The Hall–Kier alpha value is -1.66. The minimum absolute atomic E-state index is 0.181. The van der Waals surface area contributed by atoms with Gasteiger partial charge in [0.2, 0.25) is 0 Å².